The lowest BCUT2D eigenvalue weighted by atomic mass is 9.81. The summed E-state index contributed by atoms with van der Waals surface area (Å²) >= 11 is 0. The summed E-state index contributed by atoms with van der Waals surface area (Å²) in [5.74, 6) is 0.815. The van der Waals surface area contributed by atoms with Gasteiger partial charge in [0.15, 0.2) is 6.61 Å². The molecule has 2 amide bonds. The van der Waals surface area contributed by atoms with Crippen molar-refractivity contribution in [3.05, 3.63) is 23.4 Å². The second kappa shape index (κ2) is 9.97. The fraction of sp³-hybridized carbons (Fsp3) is 0.720. The first-order valence-electron chi connectivity index (χ1n) is 12.5. The molecule has 0 unspecified atom stereocenters. The number of amides is 2. The zero-order chi connectivity index (χ0) is 22.8. The molecule has 4 aliphatic heterocycles. The van der Waals surface area contributed by atoms with Crippen LogP contribution in [0.5, 0.6) is 5.88 Å². The highest BCUT2D eigenvalue weighted by Gasteiger charge is 2.38. The number of nitrogens with one attached hydrogen (secondary N) is 1. The molecule has 180 valence electrons. The maximum Gasteiger partial charge on any atom is 0.260 e. The third-order valence-electron chi connectivity index (χ3n) is 7.74. The fourth-order valence-electron chi connectivity index (χ4n) is 5.92. The van der Waals surface area contributed by atoms with Gasteiger partial charge in [0, 0.05) is 24.9 Å². The molecular weight excluding hydrogens is 422 g/mol. The number of pyridine rings is 1. The lowest BCUT2D eigenvalue weighted by Crippen LogP contribution is -2.60. The van der Waals surface area contributed by atoms with E-state index in [-0.39, 0.29) is 42.7 Å². The molecule has 1 aromatic heterocycles. The molecule has 1 aromatic rings. The Balaban J connectivity index is 1.37. The minimum Gasteiger partial charge on any atom is -0.467 e. The Hall–Kier alpha value is -2.19. The van der Waals surface area contributed by atoms with E-state index >= 15 is 0 Å². The molecule has 3 atom stereocenters. The van der Waals surface area contributed by atoms with Gasteiger partial charge in [0.2, 0.25) is 11.8 Å². The second-order valence-corrected chi connectivity index (χ2v) is 9.86. The smallest absolute Gasteiger partial charge is 0.260 e. The van der Waals surface area contributed by atoms with Crippen LogP contribution in [0.4, 0.5) is 0 Å². The van der Waals surface area contributed by atoms with Gasteiger partial charge in [-0.15, -0.1) is 0 Å². The Morgan fingerprint density at radius 3 is 2.76 bits per heavy atom. The highest BCUT2D eigenvalue weighted by atomic mass is 16.5. The third-order valence-corrected chi connectivity index (χ3v) is 7.74. The number of aryl methyl sites for hydroxylation is 1. The Kier molecular flexibility index (Phi) is 6.83. The van der Waals surface area contributed by atoms with Crippen LogP contribution in [0, 0.1) is 6.92 Å². The molecule has 2 bridgehead atoms. The van der Waals surface area contributed by atoms with Crippen molar-refractivity contribution in [2.24, 2.45) is 0 Å². The molecule has 1 N–H and O–H groups in total. The van der Waals surface area contributed by atoms with Gasteiger partial charge in [0.25, 0.3) is 5.91 Å². The minimum absolute atomic E-state index is 0.0531. The first-order valence-corrected chi connectivity index (χ1v) is 12.5. The van der Waals surface area contributed by atoms with Crippen molar-refractivity contribution in [1.29, 1.82) is 0 Å². The van der Waals surface area contributed by atoms with Gasteiger partial charge in [-0.25, -0.2) is 4.98 Å². The first-order chi connectivity index (χ1) is 16.1. The predicted molar refractivity (Wildman–Crippen MR) is 121 cm³/mol. The van der Waals surface area contributed by atoms with E-state index in [4.69, 9.17) is 14.2 Å². The fourth-order valence-corrected chi connectivity index (χ4v) is 5.92. The lowest BCUT2D eigenvalue weighted by Gasteiger charge is -2.42. The lowest BCUT2D eigenvalue weighted by molar-refractivity contribution is -0.143. The number of piperidine rings is 1. The molecule has 8 nitrogen and oxygen atoms in total. The number of ether oxygens (including phenoxy) is 3. The second-order valence-electron chi connectivity index (χ2n) is 9.86. The van der Waals surface area contributed by atoms with Crippen LogP contribution in [-0.2, 0) is 19.1 Å². The molecule has 3 fully saturated rings. The van der Waals surface area contributed by atoms with Crippen molar-refractivity contribution in [3.63, 3.8) is 0 Å². The van der Waals surface area contributed by atoms with Crippen molar-refractivity contribution in [1.82, 2.24) is 15.2 Å². The van der Waals surface area contributed by atoms with Crippen LogP contribution in [0.2, 0.25) is 0 Å². The molecule has 1 saturated carbocycles. The monoisotopic (exact) mass is 457 g/mol. The van der Waals surface area contributed by atoms with E-state index < -0.39 is 0 Å². The number of hydrogen-bond acceptors (Lipinski definition) is 6. The van der Waals surface area contributed by atoms with Gasteiger partial charge in [0.1, 0.15) is 6.10 Å². The van der Waals surface area contributed by atoms with Gasteiger partial charge in [-0.2, -0.15) is 0 Å². The maximum absolute atomic E-state index is 13.3. The standard InChI is InChI=1S/C25H35N3O5/c1-16-10-11-26-25-23(16)17-6-8-18(9-7-17)32-14-20-19(27-24(30)21-5-3-13-31-21)4-2-12-28(20)22(29)15-33-25/h10-11,17-21H,2-9,12-15H2,1H3,(H,27,30)/t17?,18?,19-,20-,21-/m0/s1. The average Bonchev–Trinajstić information content (AvgIpc) is 3.37. The molecule has 0 aromatic carbocycles. The van der Waals surface area contributed by atoms with E-state index in [9.17, 15) is 9.59 Å². The molecule has 5 aliphatic rings. The van der Waals surface area contributed by atoms with E-state index in [1.165, 1.54) is 5.56 Å². The van der Waals surface area contributed by atoms with Gasteiger partial charge in [-0.05, 0) is 75.8 Å². The number of rotatable bonds is 2. The summed E-state index contributed by atoms with van der Waals surface area (Å²) < 4.78 is 18.0. The number of aromatic nitrogens is 1. The number of nitrogens with zero attached hydrogens (tertiary/aromatic N) is 2. The zero-order valence-electron chi connectivity index (χ0n) is 19.5. The van der Waals surface area contributed by atoms with Crippen LogP contribution in [0.1, 0.15) is 68.4 Å². The van der Waals surface area contributed by atoms with Crippen LogP contribution in [0.15, 0.2) is 12.3 Å². The highest BCUT2D eigenvalue weighted by molar-refractivity contribution is 5.82. The Morgan fingerprint density at radius 2 is 1.97 bits per heavy atom. The van der Waals surface area contributed by atoms with Gasteiger partial charge in [0.05, 0.1) is 24.8 Å². The van der Waals surface area contributed by atoms with Crippen LogP contribution in [0.3, 0.4) is 0 Å². The summed E-state index contributed by atoms with van der Waals surface area (Å²) in [6.07, 6.45) is 8.88. The number of fused-ring (bicyclic) bond motifs is 5. The summed E-state index contributed by atoms with van der Waals surface area (Å²) in [6, 6.07) is 1.67. The van der Waals surface area contributed by atoms with E-state index in [2.05, 4.69) is 17.2 Å². The molecule has 2 saturated heterocycles. The van der Waals surface area contributed by atoms with Gasteiger partial charge in [-0.3, -0.25) is 9.59 Å². The quantitative estimate of drug-likeness (QED) is 0.734. The summed E-state index contributed by atoms with van der Waals surface area (Å²) in [6.45, 7) is 3.75. The van der Waals surface area contributed by atoms with E-state index in [0.717, 1.165) is 56.9 Å². The molecule has 1 aliphatic carbocycles. The maximum atomic E-state index is 13.3. The molecule has 33 heavy (non-hydrogen) atoms. The van der Waals surface area contributed by atoms with Crippen molar-refractivity contribution >= 4 is 11.8 Å². The SMILES string of the molecule is Cc1ccnc2c1C1CCC(CC1)OC[C@H]1[C@@H](NC(=O)[C@@H]3CCCO3)CCCN1C(=O)CO2. The molecule has 5 heterocycles. The summed E-state index contributed by atoms with van der Waals surface area (Å²) in [5, 5.41) is 3.18. The molecule has 8 heteroatoms. The van der Waals surface area contributed by atoms with Gasteiger partial charge < -0.3 is 24.4 Å². The normalized spacial score (nSPS) is 32.6. The average molecular weight is 458 g/mol. The van der Waals surface area contributed by atoms with Gasteiger partial charge in [-0.1, -0.05) is 0 Å². The van der Waals surface area contributed by atoms with Crippen LogP contribution < -0.4 is 10.1 Å². The Bertz CT molecular complexity index is 864. The summed E-state index contributed by atoms with van der Waals surface area (Å²) in [4.78, 5) is 32.4. The number of carbonyl (C=O) groups excluding carboxylic acids is 2. The van der Waals surface area contributed by atoms with E-state index in [1.807, 2.05) is 11.0 Å². The zero-order valence-corrected chi connectivity index (χ0v) is 19.5. The Labute approximate surface area is 195 Å². The van der Waals surface area contributed by atoms with E-state index in [0.29, 0.717) is 31.6 Å². The van der Waals surface area contributed by atoms with Crippen LogP contribution in [0.25, 0.3) is 0 Å². The highest BCUT2D eigenvalue weighted by Crippen LogP contribution is 2.39. The predicted octanol–water partition coefficient (Wildman–Crippen LogP) is 2.48. The topological polar surface area (TPSA) is 90.0 Å². The third kappa shape index (κ3) is 4.87. The molecule has 6 rings (SSSR count). The minimum atomic E-state index is -0.379. The largest absolute Gasteiger partial charge is 0.467 e. The van der Waals surface area contributed by atoms with E-state index in [1.54, 1.807) is 6.20 Å². The van der Waals surface area contributed by atoms with Crippen LogP contribution in [-0.4, -0.2) is 72.4 Å². The van der Waals surface area contributed by atoms with Crippen molar-refractivity contribution in [3.8, 4) is 5.88 Å². The number of carbonyl (C=O) groups is 2. The first kappa shape index (κ1) is 22.6. The van der Waals surface area contributed by atoms with Crippen molar-refractivity contribution in [2.45, 2.75) is 88.5 Å². The number of hydrogen-bond donors (Lipinski definition) is 1. The molecule has 0 spiro atoms. The summed E-state index contributed by atoms with van der Waals surface area (Å²) in [5.41, 5.74) is 2.30. The van der Waals surface area contributed by atoms with Crippen LogP contribution >= 0.6 is 0 Å². The van der Waals surface area contributed by atoms with Crippen molar-refractivity contribution < 1.29 is 23.8 Å². The van der Waals surface area contributed by atoms with Gasteiger partial charge >= 0.3 is 0 Å². The summed E-state index contributed by atoms with van der Waals surface area (Å²) in [7, 11) is 0. The molecular formula is C25H35N3O5. The van der Waals surface area contributed by atoms with Crippen molar-refractivity contribution in [2.75, 3.05) is 26.4 Å². The Morgan fingerprint density at radius 1 is 1.12 bits per heavy atom. The molecule has 0 radical (unpaired) electrons.